The maximum Gasteiger partial charge on any atom is 0.323 e. The highest BCUT2D eigenvalue weighted by Crippen LogP contribution is 2.19. The quantitative estimate of drug-likeness (QED) is 0.849. The van der Waals surface area contributed by atoms with E-state index in [-0.39, 0.29) is 12.2 Å². The summed E-state index contributed by atoms with van der Waals surface area (Å²) in [6, 6.07) is 8.43. The minimum absolute atomic E-state index is 0.0100. The van der Waals surface area contributed by atoms with Crippen LogP contribution < -0.4 is 5.32 Å². The first-order chi connectivity index (χ1) is 10.1. The average Bonchev–Trinajstić information content (AvgIpc) is 2.95. The molecule has 0 bridgehead atoms. The minimum Gasteiger partial charge on any atom is -0.480 e. The Balaban J connectivity index is 1.96. The number of urea groups is 1. The first kappa shape index (κ1) is 15.0. The summed E-state index contributed by atoms with van der Waals surface area (Å²) >= 11 is 0. The van der Waals surface area contributed by atoms with E-state index >= 15 is 0 Å². The number of ketones is 1. The van der Waals surface area contributed by atoms with E-state index < -0.39 is 24.6 Å². The standard InChI is InChI=1S/C15H18N2O4/c18-13(9-11-5-2-1-3-6-11)12-7-4-8-17(12)15(21)16-10-14(19)20/h1-3,5-6,12H,4,7-10H2,(H,16,21)(H,19,20). The van der Waals surface area contributed by atoms with Crippen molar-refractivity contribution in [3.05, 3.63) is 35.9 Å². The van der Waals surface area contributed by atoms with Crippen LogP contribution in [0.3, 0.4) is 0 Å². The molecular weight excluding hydrogens is 272 g/mol. The van der Waals surface area contributed by atoms with Crippen LogP contribution in [0.4, 0.5) is 4.79 Å². The van der Waals surface area contributed by atoms with Crippen LogP contribution >= 0.6 is 0 Å². The maximum atomic E-state index is 12.3. The van der Waals surface area contributed by atoms with Crippen LogP contribution in [0.15, 0.2) is 30.3 Å². The van der Waals surface area contributed by atoms with Gasteiger partial charge in [0.15, 0.2) is 5.78 Å². The molecule has 0 radical (unpaired) electrons. The first-order valence-electron chi connectivity index (χ1n) is 6.91. The molecule has 1 aliphatic rings. The van der Waals surface area contributed by atoms with E-state index in [1.54, 1.807) is 0 Å². The van der Waals surface area contributed by atoms with Crippen LogP contribution in [0.25, 0.3) is 0 Å². The van der Waals surface area contributed by atoms with Crippen LogP contribution in [-0.2, 0) is 16.0 Å². The van der Waals surface area contributed by atoms with Crippen molar-refractivity contribution in [1.29, 1.82) is 0 Å². The van der Waals surface area contributed by atoms with Crippen molar-refractivity contribution in [2.45, 2.75) is 25.3 Å². The summed E-state index contributed by atoms with van der Waals surface area (Å²) in [4.78, 5) is 36.2. The molecule has 2 rings (SSSR count). The zero-order chi connectivity index (χ0) is 15.2. The molecule has 0 aliphatic carbocycles. The van der Waals surface area contributed by atoms with Gasteiger partial charge in [-0.05, 0) is 18.4 Å². The molecule has 1 aromatic rings. The van der Waals surface area contributed by atoms with E-state index in [2.05, 4.69) is 5.32 Å². The number of rotatable bonds is 5. The summed E-state index contributed by atoms with van der Waals surface area (Å²) in [5.74, 6) is -1.11. The Kier molecular flexibility index (Phi) is 4.92. The van der Waals surface area contributed by atoms with Gasteiger partial charge in [0.05, 0.1) is 6.04 Å². The van der Waals surface area contributed by atoms with Crippen molar-refractivity contribution in [1.82, 2.24) is 10.2 Å². The topological polar surface area (TPSA) is 86.7 Å². The fourth-order valence-corrected chi connectivity index (χ4v) is 2.51. The highest BCUT2D eigenvalue weighted by molar-refractivity contribution is 5.91. The van der Waals surface area contributed by atoms with Crippen LogP contribution in [0.5, 0.6) is 0 Å². The maximum absolute atomic E-state index is 12.3. The Bertz CT molecular complexity index is 530. The largest absolute Gasteiger partial charge is 0.480 e. The number of likely N-dealkylation sites (tertiary alicyclic amines) is 1. The van der Waals surface area contributed by atoms with Crippen LogP contribution in [-0.4, -0.2) is 46.9 Å². The Morgan fingerprint density at radius 3 is 2.62 bits per heavy atom. The molecule has 112 valence electrons. The lowest BCUT2D eigenvalue weighted by Gasteiger charge is -2.23. The Morgan fingerprint density at radius 2 is 1.95 bits per heavy atom. The number of carboxylic acids is 1. The molecule has 0 spiro atoms. The third kappa shape index (κ3) is 4.05. The molecule has 0 saturated carbocycles. The van der Waals surface area contributed by atoms with Gasteiger partial charge in [-0.15, -0.1) is 0 Å². The monoisotopic (exact) mass is 290 g/mol. The van der Waals surface area contributed by atoms with Crippen molar-refractivity contribution in [2.75, 3.05) is 13.1 Å². The number of carbonyl (C=O) groups excluding carboxylic acids is 2. The number of hydrogen-bond donors (Lipinski definition) is 2. The third-order valence-corrected chi connectivity index (χ3v) is 3.50. The summed E-state index contributed by atoms with van der Waals surface area (Å²) < 4.78 is 0. The molecular formula is C15H18N2O4. The molecule has 6 heteroatoms. The zero-order valence-corrected chi connectivity index (χ0v) is 11.6. The number of Topliss-reactive ketones (excluding diaryl/α,β-unsaturated/α-hetero) is 1. The number of amides is 2. The molecule has 1 saturated heterocycles. The van der Waals surface area contributed by atoms with E-state index in [0.717, 1.165) is 12.0 Å². The molecule has 2 amide bonds. The van der Waals surface area contributed by atoms with Crippen LogP contribution in [0.1, 0.15) is 18.4 Å². The fourth-order valence-electron chi connectivity index (χ4n) is 2.51. The second-order valence-corrected chi connectivity index (χ2v) is 5.03. The summed E-state index contributed by atoms with van der Waals surface area (Å²) in [5, 5.41) is 10.9. The molecule has 1 atom stereocenters. The number of nitrogens with one attached hydrogen (secondary N) is 1. The molecule has 1 unspecified atom stereocenters. The van der Waals surface area contributed by atoms with Crippen LogP contribution in [0, 0.1) is 0 Å². The zero-order valence-electron chi connectivity index (χ0n) is 11.6. The molecule has 1 heterocycles. The molecule has 21 heavy (non-hydrogen) atoms. The smallest absolute Gasteiger partial charge is 0.323 e. The van der Waals surface area contributed by atoms with Gasteiger partial charge in [0.25, 0.3) is 0 Å². The Hall–Kier alpha value is -2.37. The summed E-state index contributed by atoms with van der Waals surface area (Å²) in [6.45, 7) is 0.0472. The lowest BCUT2D eigenvalue weighted by atomic mass is 10.0. The highest BCUT2D eigenvalue weighted by atomic mass is 16.4. The molecule has 2 N–H and O–H groups in total. The Labute approximate surface area is 122 Å². The Morgan fingerprint density at radius 1 is 1.24 bits per heavy atom. The van der Waals surface area contributed by atoms with Gasteiger partial charge in [-0.25, -0.2) is 4.79 Å². The summed E-state index contributed by atoms with van der Waals surface area (Å²) in [5.41, 5.74) is 0.917. The van der Waals surface area contributed by atoms with Crippen molar-refractivity contribution in [3.63, 3.8) is 0 Å². The molecule has 1 aliphatic heterocycles. The SMILES string of the molecule is O=C(O)CNC(=O)N1CCCC1C(=O)Cc1ccccc1. The van der Waals surface area contributed by atoms with Gasteiger partial charge >= 0.3 is 12.0 Å². The average molecular weight is 290 g/mol. The van der Waals surface area contributed by atoms with E-state index in [4.69, 9.17) is 5.11 Å². The van der Waals surface area contributed by atoms with Gasteiger partial charge in [0.2, 0.25) is 0 Å². The van der Waals surface area contributed by atoms with Gasteiger partial charge in [-0.2, -0.15) is 0 Å². The minimum atomic E-state index is -1.10. The molecule has 0 aromatic heterocycles. The second kappa shape index (κ2) is 6.88. The van der Waals surface area contributed by atoms with Crippen molar-refractivity contribution in [3.8, 4) is 0 Å². The second-order valence-electron chi connectivity index (χ2n) is 5.03. The van der Waals surface area contributed by atoms with Crippen molar-refractivity contribution in [2.24, 2.45) is 0 Å². The van der Waals surface area contributed by atoms with E-state index in [0.29, 0.717) is 13.0 Å². The van der Waals surface area contributed by atoms with E-state index in [1.807, 2.05) is 30.3 Å². The van der Waals surface area contributed by atoms with Gasteiger partial charge in [0.1, 0.15) is 6.54 Å². The number of carboxylic acid groups (broad SMARTS) is 1. The molecule has 6 nitrogen and oxygen atoms in total. The van der Waals surface area contributed by atoms with Crippen LogP contribution in [0.2, 0.25) is 0 Å². The van der Waals surface area contributed by atoms with Gasteiger partial charge < -0.3 is 15.3 Å². The van der Waals surface area contributed by atoms with Gasteiger partial charge in [-0.1, -0.05) is 30.3 Å². The fraction of sp³-hybridized carbons (Fsp3) is 0.400. The van der Waals surface area contributed by atoms with Crippen molar-refractivity contribution >= 4 is 17.8 Å². The lowest BCUT2D eigenvalue weighted by molar-refractivity contribution is -0.135. The number of hydrogen-bond acceptors (Lipinski definition) is 3. The predicted octanol–water partition coefficient (Wildman–Crippen LogP) is 1.06. The first-order valence-corrected chi connectivity index (χ1v) is 6.91. The van der Waals surface area contributed by atoms with Crippen molar-refractivity contribution < 1.29 is 19.5 Å². The predicted molar refractivity (Wildman–Crippen MR) is 75.9 cm³/mol. The number of benzene rings is 1. The molecule has 1 fully saturated rings. The summed E-state index contributed by atoms with van der Waals surface area (Å²) in [7, 11) is 0. The van der Waals surface area contributed by atoms with E-state index in [1.165, 1.54) is 4.90 Å². The third-order valence-electron chi connectivity index (χ3n) is 3.50. The van der Waals surface area contributed by atoms with Gasteiger partial charge in [0, 0.05) is 13.0 Å². The number of carbonyl (C=O) groups is 3. The van der Waals surface area contributed by atoms with E-state index in [9.17, 15) is 14.4 Å². The lowest BCUT2D eigenvalue weighted by Crippen LogP contribution is -2.47. The van der Waals surface area contributed by atoms with Gasteiger partial charge in [-0.3, -0.25) is 9.59 Å². The molecule has 1 aromatic carbocycles. The normalized spacial score (nSPS) is 17.5. The number of aliphatic carboxylic acids is 1. The highest BCUT2D eigenvalue weighted by Gasteiger charge is 2.33. The summed E-state index contributed by atoms with van der Waals surface area (Å²) in [6.07, 6.45) is 1.67. The number of nitrogens with zero attached hydrogens (tertiary/aromatic N) is 1.